The van der Waals surface area contributed by atoms with Crippen LogP contribution in [0.4, 0.5) is 0 Å². The van der Waals surface area contributed by atoms with Gasteiger partial charge in [-0.25, -0.2) is 4.79 Å². The summed E-state index contributed by atoms with van der Waals surface area (Å²) < 4.78 is 4.86. The van der Waals surface area contributed by atoms with Crippen molar-refractivity contribution < 1.29 is 9.53 Å². The fourth-order valence-electron chi connectivity index (χ4n) is 3.92. The molecule has 3 atom stereocenters. The maximum Gasteiger partial charge on any atom is 0.333 e. The zero-order valence-corrected chi connectivity index (χ0v) is 11.7. The lowest BCUT2D eigenvalue weighted by atomic mass is 9.84. The van der Waals surface area contributed by atoms with E-state index in [-0.39, 0.29) is 5.97 Å². The van der Waals surface area contributed by atoms with Crippen LogP contribution in [0.15, 0.2) is 23.8 Å². The number of ether oxygens (including phenoxy) is 1. The molecule has 2 heterocycles. The number of esters is 1. The van der Waals surface area contributed by atoms with E-state index < -0.39 is 0 Å². The summed E-state index contributed by atoms with van der Waals surface area (Å²) in [6.07, 6.45) is 13.8. The first-order valence-electron chi connectivity index (χ1n) is 7.49. The summed E-state index contributed by atoms with van der Waals surface area (Å²) in [5, 5.41) is 0. The average molecular weight is 261 g/mol. The van der Waals surface area contributed by atoms with E-state index in [0.717, 1.165) is 18.4 Å². The lowest BCUT2D eigenvalue weighted by Crippen LogP contribution is -2.39. The van der Waals surface area contributed by atoms with Gasteiger partial charge in [0.15, 0.2) is 0 Å². The topological polar surface area (TPSA) is 29.5 Å². The second-order valence-electron chi connectivity index (χ2n) is 5.95. The summed E-state index contributed by atoms with van der Waals surface area (Å²) in [7, 11) is 1.48. The van der Waals surface area contributed by atoms with E-state index >= 15 is 0 Å². The zero-order valence-electron chi connectivity index (χ0n) is 11.7. The van der Waals surface area contributed by atoms with E-state index in [1.165, 1.54) is 39.3 Å². The van der Waals surface area contributed by atoms with Crippen molar-refractivity contribution in [3.8, 4) is 0 Å². The summed E-state index contributed by atoms with van der Waals surface area (Å²) >= 11 is 0. The molecule has 0 unspecified atom stereocenters. The lowest BCUT2D eigenvalue weighted by Gasteiger charge is -2.33. The van der Waals surface area contributed by atoms with Gasteiger partial charge < -0.3 is 4.74 Å². The molecular weight excluding hydrogens is 238 g/mol. The summed E-state index contributed by atoms with van der Waals surface area (Å²) in [5.41, 5.74) is 0.892. The maximum absolute atomic E-state index is 11.7. The second kappa shape index (κ2) is 5.49. The molecular formula is C16H23NO2. The molecule has 0 aromatic heterocycles. The monoisotopic (exact) mass is 261 g/mol. The molecule has 0 N–H and O–H groups in total. The maximum atomic E-state index is 11.7. The molecule has 19 heavy (non-hydrogen) atoms. The van der Waals surface area contributed by atoms with Crippen molar-refractivity contribution >= 4 is 5.97 Å². The minimum atomic E-state index is -0.131. The Morgan fingerprint density at radius 1 is 1.42 bits per heavy atom. The molecule has 3 rings (SSSR count). The molecule has 0 saturated carbocycles. The number of rotatable bonds is 1. The number of methoxy groups -OCH3 is 1. The molecule has 0 radical (unpaired) electrons. The van der Waals surface area contributed by atoms with Crippen molar-refractivity contribution in [1.29, 1.82) is 0 Å². The molecule has 0 amide bonds. The Kier molecular flexibility index (Phi) is 3.74. The van der Waals surface area contributed by atoms with Crippen LogP contribution in [0.25, 0.3) is 0 Å². The zero-order chi connectivity index (χ0) is 13.2. The molecule has 3 aliphatic rings. The van der Waals surface area contributed by atoms with Crippen LogP contribution in [-0.4, -0.2) is 36.6 Å². The third kappa shape index (κ3) is 2.48. The number of allylic oxidation sites excluding steroid dienone is 1. The molecule has 0 spiro atoms. The minimum absolute atomic E-state index is 0.131. The van der Waals surface area contributed by atoms with Crippen molar-refractivity contribution in [2.45, 2.75) is 50.6 Å². The van der Waals surface area contributed by atoms with Gasteiger partial charge in [0.05, 0.1) is 7.11 Å². The third-order valence-corrected chi connectivity index (χ3v) is 4.87. The Bertz CT molecular complexity index is 413. The molecule has 0 bridgehead atoms. The first-order chi connectivity index (χ1) is 9.29. The van der Waals surface area contributed by atoms with E-state index in [9.17, 15) is 4.79 Å². The van der Waals surface area contributed by atoms with Gasteiger partial charge in [0.25, 0.3) is 0 Å². The largest absolute Gasteiger partial charge is 0.466 e. The first kappa shape index (κ1) is 12.9. The molecule has 1 saturated heterocycles. The van der Waals surface area contributed by atoms with Crippen molar-refractivity contribution in [3.05, 3.63) is 23.8 Å². The van der Waals surface area contributed by atoms with Crippen molar-refractivity contribution in [3.63, 3.8) is 0 Å². The molecule has 3 heteroatoms. The highest BCUT2D eigenvalue weighted by molar-refractivity contribution is 5.88. The van der Waals surface area contributed by atoms with Crippen molar-refractivity contribution in [1.82, 2.24) is 4.90 Å². The first-order valence-corrected chi connectivity index (χ1v) is 7.49. The van der Waals surface area contributed by atoms with Gasteiger partial charge in [0.1, 0.15) is 0 Å². The van der Waals surface area contributed by atoms with Crippen molar-refractivity contribution in [2.24, 2.45) is 5.92 Å². The highest BCUT2D eigenvalue weighted by atomic mass is 16.5. The molecule has 1 aliphatic carbocycles. The number of carbonyl (C=O) groups is 1. The second-order valence-corrected chi connectivity index (χ2v) is 5.95. The van der Waals surface area contributed by atoms with Crippen LogP contribution in [0.3, 0.4) is 0 Å². The van der Waals surface area contributed by atoms with Gasteiger partial charge in [0, 0.05) is 17.7 Å². The van der Waals surface area contributed by atoms with Gasteiger partial charge in [-0.15, -0.1) is 0 Å². The summed E-state index contributed by atoms with van der Waals surface area (Å²) in [4.78, 5) is 14.3. The quantitative estimate of drug-likeness (QED) is 0.537. The van der Waals surface area contributed by atoms with Crippen LogP contribution in [-0.2, 0) is 9.53 Å². The number of hydrogen-bond acceptors (Lipinski definition) is 3. The van der Waals surface area contributed by atoms with Crippen LogP contribution < -0.4 is 0 Å². The number of hydrogen-bond donors (Lipinski definition) is 0. The van der Waals surface area contributed by atoms with E-state index in [1.807, 2.05) is 0 Å². The van der Waals surface area contributed by atoms with Gasteiger partial charge in [-0.05, 0) is 51.0 Å². The lowest BCUT2D eigenvalue weighted by molar-refractivity contribution is -0.136. The van der Waals surface area contributed by atoms with Crippen LogP contribution in [0.1, 0.15) is 38.5 Å². The van der Waals surface area contributed by atoms with Crippen molar-refractivity contribution in [2.75, 3.05) is 13.7 Å². The molecule has 3 nitrogen and oxygen atoms in total. The Hall–Kier alpha value is -1.09. The fraction of sp³-hybridized carbons (Fsp3) is 0.688. The fourth-order valence-corrected chi connectivity index (χ4v) is 3.92. The highest BCUT2D eigenvalue weighted by Gasteiger charge is 2.41. The molecule has 2 aliphatic heterocycles. The summed E-state index contributed by atoms with van der Waals surface area (Å²) in [6, 6.07) is 1.24. The van der Waals surface area contributed by atoms with E-state index in [4.69, 9.17) is 4.74 Å². The van der Waals surface area contributed by atoms with Gasteiger partial charge in [-0.3, -0.25) is 4.90 Å². The molecule has 1 fully saturated rings. The Labute approximate surface area is 115 Å². The predicted molar refractivity (Wildman–Crippen MR) is 74.7 cm³/mol. The number of carbonyl (C=O) groups excluding carboxylic acids is 1. The highest BCUT2D eigenvalue weighted by Crippen LogP contribution is 2.40. The molecule has 104 valence electrons. The van der Waals surface area contributed by atoms with Gasteiger partial charge in [-0.2, -0.15) is 0 Å². The van der Waals surface area contributed by atoms with Crippen LogP contribution in [0, 0.1) is 5.92 Å². The van der Waals surface area contributed by atoms with E-state index in [2.05, 4.69) is 23.1 Å². The average Bonchev–Trinajstić information content (AvgIpc) is 2.74. The van der Waals surface area contributed by atoms with Gasteiger partial charge in [-0.1, -0.05) is 18.2 Å². The Morgan fingerprint density at radius 2 is 2.32 bits per heavy atom. The number of nitrogens with zero attached hydrogens (tertiary/aromatic N) is 1. The molecule has 0 aromatic rings. The Morgan fingerprint density at radius 3 is 3.16 bits per heavy atom. The SMILES string of the molecule is COC(=O)C1=CC[C@@H]2[C@H](C1)C[C@@H]1/C=C\CCCCN21. The number of fused-ring (bicyclic) bond motifs is 3. The van der Waals surface area contributed by atoms with Crippen LogP contribution >= 0.6 is 0 Å². The third-order valence-electron chi connectivity index (χ3n) is 4.87. The standard InChI is InChI=1S/C16H23NO2/c1-19-16(18)12-7-8-15-13(10-12)11-14-6-4-2-3-5-9-17(14)15/h4,6-7,13-15H,2-3,5,8-11H2,1H3/b6-4-/t13-,14+,15-/m1/s1. The minimum Gasteiger partial charge on any atom is -0.466 e. The smallest absolute Gasteiger partial charge is 0.333 e. The van der Waals surface area contributed by atoms with E-state index in [1.54, 1.807) is 0 Å². The van der Waals surface area contributed by atoms with Crippen LogP contribution in [0.5, 0.6) is 0 Å². The van der Waals surface area contributed by atoms with Gasteiger partial charge >= 0.3 is 5.97 Å². The van der Waals surface area contributed by atoms with Gasteiger partial charge in [0.2, 0.25) is 0 Å². The van der Waals surface area contributed by atoms with Crippen LogP contribution in [0.2, 0.25) is 0 Å². The molecule has 0 aromatic carbocycles. The normalized spacial score (nSPS) is 36.5. The Balaban J connectivity index is 1.75. The summed E-state index contributed by atoms with van der Waals surface area (Å²) in [6.45, 7) is 1.22. The summed E-state index contributed by atoms with van der Waals surface area (Å²) in [5.74, 6) is 0.500. The predicted octanol–water partition coefficient (Wildman–Crippen LogP) is 2.68. The van der Waals surface area contributed by atoms with E-state index in [0.29, 0.717) is 18.0 Å².